The fraction of sp³-hybridized carbons (Fsp3) is 0.0435. The van der Waals surface area contributed by atoms with Gasteiger partial charge in [-0.2, -0.15) is 5.10 Å². The number of hydrogen-bond donors (Lipinski definition) is 2. The molecule has 4 heteroatoms. The van der Waals surface area contributed by atoms with Gasteiger partial charge in [0.05, 0.1) is 6.21 Å². The second-order valence-electron chi connectivity index (χ2n) is 6.28. The smallest absolute Gasteiger partial charge is 0.273 e. The Kier molecular flexibility index (Phi) is 4.64. The van der Waals surface area contributed by atoms with Crippen LogP contribution in [0.15, 0.2) is 90.0 Å². The highest BCUT2D eigenvalue weighted by atomic mass is 16.3. The molecule has 0 aromatic heterocycles. The van der Waals surface area contributed by atoms with Gasteiger partial charge in [-0.25, -0.2) is 5.43 Å². The first-order chi connectivity index (χ1) is 13.2. The molecule has 0 aliphatic carbocycles. The van der Waals surface area contributed by atoms with E-state index in [9.17, 15) is 9.90 Å². The molecule has 1 amide bonds. The normalized spacial score (nSPS) is 12.5. The molecule has 0 saturated carbocycles. The molecule has 0 spiro atoms. The topological polar surface area (TPSA) is 61.7 Å². The van der Waals surface area contributed by atoms with Crippen molar-refractivity contribution >= 4 is 33.7 Å². The molecular formula is C23H18N2O2. The number of carbonyl (C=O) groups excluding carboxylic acids is 1. The molecule has 0 heterocycles. The lowest BCUT2D eigenvalue weighted by Gasteiger charge is -2.10. The van der Waals surface area contributed by atoms with Crippen LogP contribution in [0.4, 0.5) is 0 Å². The molecule has 4 nitrogen and oxygen atoms in total. The van der Waals surface area contributed by atoms with Crippen LogP contribution in [0.2, 0.25) is 0 Å². The number of hydrogen-bond acceptors (Lipinski definition) is 3. The SMILES string of the molecule is O=C(N/N=C/c1c2ccccc2cc2ccccc12)C(O)c1ccccc1. The first-order valence-electron chi connectivity index (χ1n) is 8.70. The minimum atomic E-state index is -1.26. The van der Waals surface area contributed by atoms with Gasteiger partial charge in [0.2, 0.25) is 0 Å². The Bertz CT molecular complexity index is 1080. The summed E-state index contributed by atoms with van der Waals surface area (Å²) in [7, 11) is 0. The van der Waals surface area contributed by atoms with E-state index in [1.807, 2.05) is 42.5 Å². The number of benzene rings is 4. The van der Waals surface area contributed by atoms with Gasteiger partial charge >= 0.3 is 0 Å². The lowest BCUT2D eigenvalue weighted by atomic mass is 9.97. The summed E-state index contributed by atoms with van der Waals surface area (Å²) >= 11 is 0. The molecule has 0 bridgehead atoms. The van der Waals surface area contributed by atoms with Crippen molar-refractivity contribution in [3.63, 3.8) is 0 Å². The summed E-state index contributed by atoms with van der Waals surface area (Å²) < 4.78 is 0. The summed E-state index contributed by atoms with van der Waals surface area (Å²) in [5, 5.41) is 18.6. The molecule has 0 radical (unpaired) electrons. The van der Waals surface area contributed by atoms with Crippen LogP contribution in [-0.2, 0) is 4.79 Å². The lowest BCUT2D eigenvalue weighted by molar-refractivity contribution is -0.129. The molecule has 0 fully saturated rings. The van der Waals surface area contributed by atoms with Gasteiger partial charge in [-0.15, -0.1) is 0 Å². The highest BCUT2D eigenvalue weighted by molar-refractivity contribution is 6.13. The summed E-state index contributed by atoms with van der Waals surface area (Å²) in [6.45, 7) is 0. The number of rotatable bonds is 4. The van der Waals surface area contributed by atoms with Crippen LogP contribution in [0.5, 0.6) is 0 Å². The van der Waals surface area contributed by atoms with Crippen LogP contribution in [0, 0.1) is 0 Å². The van der Waals surface area contributed by atoms with Crippen LogP contribution in [0.1, 0.15) is 17.2 Å². The Morgan fingerprint density at radius 1 is 0.852 bits per heavy atom. The van der Waals surface area contributed by atoms with Crippen molar-refractivity contribution < 1.29 is 9.90 Å². The van der Waals surface area contributed by atoms with Gasteiger partial charge in [0.1, 0.15) is 0 Å². The molecule has 132 valence electrons. The quantitative estimate of drug-likeness (QED) is 0.328. The van der Waals surface area contributed by atoms with Crippen LogP contribution in [0.25, 0.3) is 21.5 Å². The molecule has 4 aromatic carbocycles. The predicted molar refractivity (Wildman–Crippen MR) is 109 cm³/mol. The van der Waals surface area contributed by atoms with E-state index in [1.165, 1.54) is 0 Å². The monoisotopic (exact) mass is 354 g/mol. The van der Waals surface area contributed by atoms with E-state index < -0.39 is 12.0 Å². The van der Waals surface area contributed by atoms with Crippen molar-refractivity contribution in [2.45, 2.75) is 6.10 Å². The first kappa shape index (κ1) is 16.9. The Morgan fingerprint density at radius 2 is 1.41 bits per heavy atom. The fourth-order valence-corrected chi connectivity index (χ4v) is 3.20. The Morgan fingerprint density at radius 3 is 2.04 bits per heavy atom. The van der Waals surface area contributed by atoms with Gasteiger partial charge < -0.3 is 5.11 Å². The Hall–Kier alpha value is -3.50. The van der Waals surface area contributed by atoms with Gasteiger partial charge in [0.25, 0.3) is 5.91 Å². The number of nitrogens with one attached hydrogen (secondary N) is 1. The number of fused-ring (bicyclic) bond motifs is 2. The second kappa shape index (κ2) is 7.40. The maximum atomic E-state index is 12.2. The number of aliphatic hydroxyl groups is 1. The van der Waals surface area contributed by atoms with Crippen molar-refractivity contribution in [1.29, 1.82) is 0 Å². The number of hydrazone groups is 1. The summed E-state index contributed by atoms with van der Waals surface area (Å²) in [6.07, 6.45) is 0.382. The van der Waals surface area contributed by atoms with Gasteiger partial charge in [-0.1, -0.05) is 78.9 Å². The second-order valence-corrected chi connectivity index (χ2v) is 6.28. The molecule has 4 aromatic rings. The van der Waals surface area contributed by atoms with E-state index in [4.69, 9.17) is 0 Å². The first-order valence-corrected chi connectivity index (χ1v) is 8.70. The van der Waals surface area contributed by atoms with E-state index in [0.29, 0.717) is 5.56 Å². The summed E-state index contributed by atoms with van der Waals surface area (Å²) in [4.78, 5) is 12.2. The molecule has 0 aliphatic rings. The maximum Gasteiger partial charge on any atom is 0.273 e. The molecule has 1 unspecified atom stereocenters. The Labute approximate surface area is 156 Å². The highest BCUT2D eigenvalue weighted by Crippen LogP contribution is 2.27. The number of nitrogens with zero attached hydrogens (tertiary/aromatic N) is 1. The van der Waals surface area contributed by atoms with Crippen LogP contribution < -0.4 is 5.43 Å². The lowest BCUT2D eigenvalue weighted by Crippen LogP contribution is -2.25. The van der Waals surface area contributed by atoms with Crippen molar-refractivity contribution in [2.24, 2.45) is 5.10 Å². The average molecular weight is 354 g/mol. The number of amides is 1. The molecule has 0 aliphatic heterocycles. The van der Waals surface area contributed by atoms with Gasteiger partial charge in [0, 0.05) is 5.56 Å². The van der Waals surface area contributed by atoms with Gasteiger partial charge in [-0.3, -0.25) is 4.79 Å². The molecular weight excluding hydrogens is 336 g/mol. The minimum absolute atomic E-state index is 0.529. The third kappa shape index (κ3) is 3.43. The fourth-order valence-electron chi connectivity index (χ4n) is 3.20. The van der Waals surface area contributed by atoms with Gasteiger partial charge in [0.15, 0.2) is 6.10 Å². The molecule has 27 heavy (non-hydrogen) atoms. The van der Waals surface area contributed by atoms with Crippen LogP contribution in [0.3, 0.4) is 0 Å². The zero-order chi connectivity index (χ0) is 18.6. The zero-order valence-electron chi connectivity index (χ0n) is 14.5. The van der Waals surface area contributed by atoms with E-state index in [-0.39, 0.29) is 0 Å². The van der Waals surface area contributed by atoms with Crippen molar-refractivity contribution in [3.05, 3.63) is 96.1 Å². The highest BCUT2D eigenvalue weighted by Gasteiger charge is 2.16. The van der Waals surface area contributed by atoms with E-state index in [0.717, 1.165) is 27.1 Å². The maximum absolute atomic E-state index is 12.2. The molecule has 0 saturated heterocycles. The molecule has 1 atom stereocenters. The van der Waals surface area contributed by atoms with E-state index >= 15 is 0 Å². The summed E-state index contributed by atoms with van der Waals surface area (Å²) in [5.74, 6) is -0.568. The van der Waals surface area contributed by atoms with Crippen molar-refractivity contribution in [2.75, 3.05) is 0 Å². The van der Waals surface area contributed by atoms with Crippen LogP contribution >= 0.6 is 0 Å². The standard InChI is InChI=1S/C23H18N2O2/c26-22(16-8-2-1-3-9-16)23(27)25-24-15-21-19-12-6-4-10-17(19)14-18-11-5-7-13-20(18)21/h1-15,22,26H,(H,25,27)/b24-15+. The minimum Gasteiger partial charge on any atom is -0.378 e. The summed E-state index contributed by atoms with van der Waals surface area (Å²) in [5.41, 5.74) is 3.90. The average Bonchev–Trinajstić information content (AvgIpc) is 2.73. The Balaban J connectivity index is 1.65. The van der Waals surface area contributed by atoms with Crippen molar-refractivity contribution in [1.82, 2.24) is 5.43 Å². The van der Waals surface area contributed by atoms with E-state index in [1.54, 1.807) is 30.5 Å². The molecule has 2 N–H and O–H groups in total. The largest absolute Gasteiger partial charge is 0.378 e. The third-order valence-corrected chi connectivity index (χ3v) is 4.54. The van der Waals surface area contributed by atoms with Crippen molar-refractivity contribution in [3.8, 4) is 0 Å². The summed E-state index contributed by atoms with van der Waals surface area (Å²) in [6, 6.07) is 27.0. The molecule has 4 rings (SSSR count). The van der Waals surface area contributed by atoms with E-state index in [2.05, 4.69) is 28.7 Å². The predicted octanol–water partition coefficient (Wildman–Crippen LogP) is 4.18. The number of carbonyl (C=O) groups is 1. The number of aliphatic hydroxyl groups excluding tert-OH is 1. The third-order valence-electron chi connectivity index (χ3n) is 4.54. The van der Waals surface area contributed by atoms with Gasteiger partial charge in [-0.05, 0) is 33.2 Å². The zero-order valence-corrected chi connectivity index (χ0v) is 14.5. The van der Waals surface area contributed by atoms with Crippen LogP contribution in [-0.4, -0.2) is 17.2 Å².